The standard InChI is InChI=1S/C14H14ClN3S/c1-18(13-9-7-11(15)8-10-13)17-14(19)16-12-5-3-2-4-6-12/h2-10H,1H3,(H2,16,17,19). The van der Waals surface area contributed by atoms with Crippen LogP contribution in [0.25, 0.3) is 0 Å². The Balaban J connectivity index is 1.93. The van der Waals surface area contributed by atoms with Crippen molar-refractivity contribution in [2.45, 2.75) is 0 Å². The normalized spacial score (nSPS) is 9.79. The Morgan fingerprint density at radius 3 is 2.32 bits per heavy atom. The highest BCUT2D eigenvalue weighted by Gasteiger charge is 2.03. The first-order chi connectivity index (χ1) is 9.15. The van der Waals surface area contributed by atoms with E-state index in [0.717, 1.165) is 11.4 Å². The molecule has 19 heavy (non-hydrogen) atoms. The van der Waals surface area contributed by atoms with Gasteiger partial charge in [-0.05, 0) is 48.6 Å². The summed E-state index contributed by atoms with van der Waals surface area (Å²) in [4.78, 5) is 0. The lowest BCUT2D eigenvalue weighted by Crippen LogP contribution is -2.41. The second-order valence-corrected chi connectivity index (χ2v) is 4.81. The molecular weight excluding hydrogens is 278 g/mol. The molecule has 0 atom stereocenters. The van der Waals surface area contributed by atoms with Gasteiger partial charge in [0.05, 0.1) is 5.69 Å². The Kier molecular flexibility index (Phi) is 4.60. The number of hydrogen-bond donors (Lipinski definition) is 2. The van der Waals surface area contributed by atoms with Crippen molar-refractivity contribution in [2.75, 3.05) is 17.4 Å². The largest absolute Gasteiger partial charge is 0.331 e. The second kappa shape index (κ2) is 6.41. The van der Waals surface area contributed by atoms with Crippen LogP contribution in [0.3, 0.4) is 0 Å². The van der Waals surface area contributed by atoms with Gasteiger partial charge in [-0.1, -0.05) is 29.8 Å². The van der Waals surface area contributed by atoms with Gasteiger partial charge >= 0.3 is 0 Å². The average Bonchev–Trinajstić information content (AvgIpc) is 2.40. The molecule has 2 aromatic carbocycles. The minimum Gasteiger partial charge on any atom is -0.331 e. The summed E-state index contributed by atoms with van der Waals surface area (Å²) < 4.78 is 0. The minimum atomic E-state index is 0.531. The van der Waals surface area contributed by atoms with Gasteiger partial charge in [0.25, 0.3) is 0 Å². The van der Waals surface area contributed by atoms with Crippen molar-refractivity contribution in [1.29, 1.82) is 0 Å². The fourth-order valence-electron chi connectivity index (χ4n) is 1.56. The lowest BCUT2D eigenvalue weighted by Gasteiger charge is -2.22. The molecule has 0 unspecified atom stereocenters. The Bertz CT molecular complexity index is 542. The molecule has 3 nitrogen and oxygen atoms in total. The van der Waals surface area contributed by atoms with Gasteiger partial charge in [0.15, 0.2) is 5.11 Å². The van der Waals surface area contributed by atoms with Crippen LogP contribution in [0.4, 0.5) is 11.4 Å². The quantitative estimate of drug-likeness (QED) is 0.666. The van der Waals surface area contributed by atoms with E-state index in [1.807, 2.05) is 66.7 Å². The molecule has 0 saturated heterocycles. The van der Waals surface area contributed by atoms with Crippen molar-refractivity contribution in [1.82, 2.24) is 5.43 Å². The predicted octanol–water partition coefficient (Wildman–Crippen LogP) is 3.68. The maximum Gasteiger partial charge on any atom is 0.189 e. The summed E-state index contributed by atoms with van der Waals surface area (Å²) in [6.45, 7) is 0. The third kappa shape index (κ3) is 4.12. The van der Waals surface area contributed by atoms with E-state index in [0.29, 0.717) is 10.1 Å². The zero-order chi connectivity index (χ0) is 13.7. The van der Waals surface area contributed by atoms with Crippen LogP contribution in [0, 0.1) is 0 Å². The minimum absolute atomic E-state index is 0.531. The van der Waals surface area contributed by atoms with Crippen molar-refractivity contribution in [3.8, 4) is 0 Å². The van der Waals surface area contributed by atoms with E-state index >= 15 is 0 Å². The van der Waals surface area contributed by atoms with Crippen LogP contribution in [0.1, 0.15) is 0 Å². The molecular formula is C14H14ClN3S. The van der Waals surface area contributed by atoms with E-state index in [2.05, 4.69) is 10.7 Å². The zero-order valence-electron chi connectivity index (χ0n) is 10.4. The van der Waals surface area contributed by atoms with Gasteiger partial charge in [-0.15, -0.1) is 0 Å². The Labute approximate surface area is 123 Å². The van der Waals surface area contributed by atoms with Gasteiger partial charge in [-0.3, -0.25) is 10.4 Å². The van der Waals surface area contributed by atoms with E-state index in [4.69, 9.17) is 23.8 Å². The summed E-state index contributed by atoms with van der Waals surface area (Å²) in [5.41, 5.74) is 5.00. The van der Waals surface area contributed by atoms with Crippen LogP contribution >= 0.6 is 23.8 Å². The number of thiocarbonyl (C=S) groups is 1. The van der Waals surface area contributed by atoms with Crippen LogP contribution in [-0.2, 0) is 0 Å². The molecule has 2 aromatic rings. The number of para-hydroxylation sites is 1. The molecule has 2 N–H and O–H groups in total. The van der Waals surface area contributed by atoms with Crippen LogP contribution < -0.4 is 15.8 Å². The summed E-state index contributed by atoms with van der Waals surface area (Å²) in [6.07, 6.45) is 0. The number of benzene rings is 2. The number of rotatable bonds is 3. The van der Waals surface area contributed by atoms with Crippen LogP contribution in [0.5, 0.6) is 0 Å². The fourth-order valence-corrected chi connectivity index (χ4v) is 1.94. The fraction of sp³-hybridized carbons (Fsp3) is 0.0714. The molecule has 0 heterocycles. The highest BCUT2D eigenvalue weighted by molar-refractivity contribution is 7.80. The van der Waals surface area contributed by atoms with E-state index in [9.17, 15) is 0 Å². The molecule has 5 heteroatoms. The first-order valence-electron chi connectivity index (χ1n) is 5.77. The SMILES string of the molecule is CN(NC(=S)Nc1ccccc1)c1ccc(Cl)cc1. The molecule has 0 aliphatic rings. The van der Waals surface area contributed by atoms with E-state index in [1.54, 1.807) is 0 Å². The summed E-state index contributed by atoms with van der Waals surface area (Å²) in [5.74, 6) is 0. The lowest BCUT2D eigenvalue weighted by molar-refractivity contribution is 0.888. The van der Waals surface area contributed by atoms with Gasteiger partial charge in [0, 0.05) is 17.8 Å². The summed E-state index contributed by atoms with van der Waals surface area (Å²) in [6, 6.07) is 17.3. The van der Waals surface area contributed by atoms with Crippen molar-refractivity contribution >= 4 is 40.3 Å². The second-order valence-electron chi connectivity index (χ2n) is 3.97. The van der Waals surface area contributed by atoms with Crippen molar-refractivity contribution in [3.63, 3.8) is 0 Å². The monoisotopic (exact) mass is 291 g/mol. The number of hydrogen-bond acceptors (Lipinski definition) is 2. The Morgan fingerprint density at radius 2 is 1.68 bits per heavy atom. The first-order valence-corrected chi connectivity index (χ1v) is 6.56. The molecule has 0 aliphatic carbocycles. The summed E-state index contributed by atoms with van der Waals surface area (Å²) in [7, 11) is 1.89. The number of nitrogens with one attached hydrogen (secondary N) is 2. The Hall–Kier alpha value is -1.78. The number of nitrogens with zero attached hydrogens (tertiary/aromatic N) is 1. The molecule has 0 bridgehead atoms. The third-order valence-electron chi connectivity index (χ3n) is 2.51. The van der Waals surface area contributed by atoms with Crippen LogP contribution in [0.15, 0.2) is 54.6 Å². The van der Waals surface area contributed by atoms with Crippen LogP contribution in [0.2, 0.25) is 5.02 Å². The molecule has 0 saturated carbocycles. The third-order valence-corrected chi connectivity index (χ3v) is 2.96. The molecule has 0 radical (unpaired) electrons. The molecule has 2 rings (SSSR count). The lowest BCUT2D eigenvalue weighted by atomic mass is 10.3. The maximum absolute atomic E-state index is 5.85. The molecule has 0 amide bonds. The number of hydrazine groups is 1. The van der Waals surface area contributed by atoms with Crippen molar-refractivity contribution in [2.24, 2.45) is 0 Å². The molecule has 98 valence electrons. The smallest absolute Gasteiger partial charge is 0.189 e. The average molecular weight is 292 g/mol. The maximum atomic E-state index is 5.85. The molecule has 0 spiro atoms. The van der Waals surface area contributed by atoms with Gasteiger partial charge in [0.1, 0.15) is 0 Å². The highest BCUT2D eigenvalue weighted by Crippen LogP contribution is 2.15. The van der Waals surface area contributed by atoms with Gasteiger partial charge < -0.3 is 5.32 Å². The van der Waals surface area contributed by atoms with Gasteiger partial charge in [-0.25, -0.2) is 0 Å². The summed E-state index contributed by atoms with van der Waals surface area (Å²) >= 11 is 11.1. The van der Waals surface area contributed by atoms with Gasteiger partial charge in [-0.2, -0.15) is 0 Å². The molecule has 0 fully saturated rings. The van der Waals surface area contributed by atoms with Gasteiger partial charge in [0.2, 0.25) is 0 Å². The highest BCUT2D eigenvalue weighted by atomic mass is 35.5. The topological polar surface area (TPSA) is 27.3 Å². The zero-order valence-corrected chi connectivity index (χ0v) is 12.0. The van der Waals surface area contributed by atoms with E-state index < -0.39 is 0 Å². The van der Waals surface area contributed by atoms with Crippen molar-refractivity contribution in [3.05, 3.63) is 59.6 Å². The molecule has 0 aliphatic heterocycles. The van der Waals surface area contributed by atoms with E-state index in [-0.39, 0.29) is 0 Å². The van der Waals surface area contributed by atoms with E-state index in [1.165, 1.54) is 0 Å². The molecule has 0 aromatic heterocycles. The number of halogens is 1. The first kappa shape index (κ1) is 13.6. The number of anilines is 2. The van der Waals surface area contributed by atoms with Crippen LogP contribution in [-0.4, -0.2) is 12.2 Å². The van der Waals surface area contributed by atoms with Crippen molar-refractivity contribution < 1.29 is 0 Å². The summed E-state index contributed by atoms with van der Waals surface area (Å²) in [5, 5.41) is 6.18. The Morgan fingerprint density at radius 1 is 1.05 bits per heavy atom. The predicted molar refractivity (Wildman–Crippen MR) is 85.7 cm³/mol.